The lowest BCUT2D eigenvalue weighted by Gasteiger charge is -2.20. The van der Waals surface area contributed by atoms with Crippen molar-refractivity contribution in [1.82, 2.24) is 9.88 Å². The lowest BCUT2D eigenvalue weighted by atomic mass is 10.1. The Hall–Kier alpha value is -2.90. The Kier molecular flexibility index (Phi) is 4.92. The van der Waals surface area contributed by atoms with Gasteiger partial charge in [-0.05, 0) is 32.0 Å². The summed E-state index contributed by atoms with van der Waals surface area (Å²) in [5, 5.41) is 2.04. The summed E-state index contributed by atoms with van der Waals surface area (Å²) in [5.41, 5.74) is 0.607. The summed E-state index contributed by atoms with van der Waals surface area (Å²) in [6.45, 7) is 5.48. The minimum Gasteiger partial charge on any atom is -0.485 e. The average molecular weight is 408 g/mol. The Morgan fingerprint density at radius 2 is 1.90 bits per heavy atom. The third-order valence-corrected chi connectivity index (χ3v) is 5.70. The van der Waals surface area contributed by atoms with Crippen molar-refractivity contribution in [2.24, 2.45) is 0 Å². The number of likely N-dealkylation sites (tertiary alicyclic amines) is 1. The molecule has 0 unspecified atom stereocenters. The third kappa shape index (κ3) is 3.55. The monoisotopic (exact) mass is 408 g/mol. The minimum absolute atomic E-state index is 0.0400. The first-order valence-corrected chi connectivity index (χ1v) is 10.2. The number of hydrogen-bond acceptors (Lipinski definition) is 6. The van der Waals surface area contributed by atoms with Gasteiger partial charge in [0.25, 0.3) is 5.91 Å². The molecule has 2 fully saturated rings. The van der Waals surface area contributed by atoms with Gasteiger partial charge in [-0.1, -0.05) is 12.1 Å². The summed E-state index contributed by atoms with van der Waals surface area (Å²) in [5.74, 6) is 2.13. The van der Waals surface area contributed by atoms with Crippen LogP contribution in [0, 0.1) is 13.8 Å². The molecule has 1 aromatic carbocycles. The predicted octanol–water partition coefficient (Wildman–Crippen LogP) is 3.13. The molecule has 2 aliphatic heterocycles. The lowest BCUT2D eigenvalue weighted by molar-refractivity contribution is -0.00461. The summed E-state index contributed by atoms with van der Waals surface area (Å²) in [6, 6.07) is 9.64. The van der Waals surface area contributed by atoms with Crippen molar-refractivity contribution in [2.45, 2.75) is 32.2 Å². The summed E-state index contributed by atoms with van der Waals surface area (Å²) in [4.78, 5) is 18.8. The number of hydrogen-bond donors (Lipinski definition) is 0. The molecule has 0 saturated carbocycles. The van der Waals surface area contributed by atoms with E-state index in [9.17, 15) is 4.79 Å². The molecule has 5 rings (SSSR count). The van der Waals surface area contributed by atoms with Crippen LogP contribution in [-0.2, 0) is 9.47 Å². The zero-order chi connectivity index (χ0) is 20.7. The Bertz CT molecular complexity index is 1060. The highest BCUT2D eigenvalue weighted by molar-refractivity contribution is 5.95. The number of amides is 1. The van der Waals surface area contributed by atoms with Gasteiger partial charge in [0.2, 0.25) is 0 Å². The molecule has 2 aliphatic rings. The van der Waals surface area contributed by atoms with Gasteiger partial charge in [0.15, 0.2) is 0 Å². The second kappa shape index (κ2) is 7.74. The van der Waals surface area contributed by atoms with Crippen molar-refractivity contribution < 1.29 is 23.4 Å². The van der Waals surface area contributed by atoms with Crippen LogP contribution in [0.25, 0.3) is 10.8 Å². The van der Waals surface area contributed by atoms with Crippen LogP contribution in [0.15, 0.2) is 47.1 Å². The van der Waals surface area contributed by atoms with E-state index in [2.05, 4.69) is 4.98 Å². The largest absolute Gasteiger partial charge is 0.485 e. The van der Waals surface area contributed by atoms with E-state index in [1.165, 1.54) is 0 Å². The number of benzene rings is 1. The van der Waals surface area contributed by atoms with Crippen molar-refractivity contribution in [2.75, 3.05) is 26.3 Å². The van der Waals surface area contributed by atoms with Crippen molar-refractivity contribution in [1.29, 1.82) is 0 Å². The third-order valence-electron chi connectivity index (χ3n) is 5.70. The molecule has 0 aliphatic carbocycles. The van der Waals surface area contributed by atoms with Crippen LogP contribution in [0.5, 0.6) is 5.75 Å². The molecule has 30 heavy (non-hydrogen) atoms. The van der Waals surface area contributed by atoms with Crippen LogP contribution >= 0.6 is 0 Å². The van der Waals surface area contributed by atoms with Crippen LogP contribution in [0.3, 0.4) is 0 Å². The van der Waals surface area contributed by atoms with E-state index < -0.39 is 0 Å². The van der Waals surface area contributed by atoms with Gasteiger partial charge >= 0.3 is 0 Å². The summed E-state index contributed by atoms with van der Waals surface area (Å²) in [6.07, 6.45) is 3.05. The number of rotatable bonds is 3. The number of ether oxygens (including phenoxy) is 3. The van der Waals surface area contributed by atoms with Gasteiger partial charge in [0.05, 0.1) is 18.8 Å². The molecule has 2 saturated heterocycles. The molecule has 2 aromatic heterocycles. The van der Waals surface area contributed by atoms with E-state index in [0.717, 1.165) is 22.3 Å². The molecular formula is C23H24N2O5. The van der Waals surface area contributed by atoms with Gasteiger partial charge in [-0.3, -0.25) is 9.78 Å². The molecule has 0 spiro atoms. The smallest absolute Gasteiger partial charge is 0.257 e. The van der Waals surface area contributed by atoms with Gasteiger partial charge in [-0.2, -0.15) is 0 Å². The summed E-state index contributed by atoms with van der Waals surface area (Å²) >= 11 is 0. The Morgan fingerprint density at radius 3 is 2.60 bits per heavy atom. The number of nitrogens with zero attached hydrogens (tertiary/aromatic N) is 2. The lowest BCUT2D eigenvalue weighted by Crippen LogP contribution is -2.33. The summed E-state index contributed by atoms with van der Waals surface area (Å²) in [7, 11) is 0. The van der Waals surface area contributed by atoms with E-state index >= 15 is 0 Å². The molecule has 0 bridgehead atoms. The number of fused-ring (bicyclic) bond motifs is 2. The van der Waals surface area contributed by atoms with Gasteiger partial charge in [-0.15, -0.1) is 0 Å². The molecule has 156 valence electrons. The quantitative estimate of drug-likeness (QED) is 0.663. The van der Waals surface area contributed by atoms with Crippen LogP contribution in [0.1, 0.15) is 21.9 Å². The Labute approximate surface area is 174 Å². The fraction of sp³-hybridized carbons (Fsp3) is 0.391. The highest BCUT2D eigenvalue weighted by Crippen LogP contribution is 2.28. The van der Waals surface area contributed by atoms with E-state index in [-0.39, 0.29) is 24.2 Å². The van der Waals surface area contributed by atoms with E-state index in [4.69, 9.17) is 18.6 Å². The number of carbonyl (C=O) groups excluding carboxylic acids is 1. The molecule has 7 nitrogen and oxygen atoms in total. The fourth-order valence-electron chi connectivity index (χ4n) is 4.20. The SMILES string of the molecule is Cc1cc(C(=O)N2C[C@@H]3OCC(Oc4cccc5cnccc45)CO[C@H]3C2)c(C)o1. The normalized spacial score (nSPS) is 22.1. The second-order valence-electron chi connectivity index (χ2n) is 7.87. The molecule has 7 heteroatoms. The average Bonchev–Trinajstić information content (AvgIpc) is 3.26. The van der Waals surface area contributed by atoms with Crippen LogP contribution in [-0.4, -0.2) is 60.4 Å². The number of aromatic nitrogens is 1. The van der Waals surface area contributed by atoms with Gasteiger partial charge in [0, 0.05) is 36.3 Å². The van der Waals surface area contributed by atoms with Gasteiger partial charge < -0.3 is 23.5 Å². The highest BCUT2D eigenvalue weighted by Gasteiger charge is 2.40. The number of pyridine rings is 1. The molecule has 3 aromatic rings. The second-order valence-corrected chi connectivity index (χ2v) is 7.87. The van der Waals surface area contributed by atoms with Crippen LogP contribution in [0.2, 0.25) is 0 Å². The molecule has 4 heterocycles. The first-order chi connectivity index (χ1) is 14.6. The van der Waals surface area contributed by atoms with Gasteiger partial charge in [-0.25, -0.2) is 0 Å². The van der Waals surface area contributed by atoms with Crippen molar-refractivity contribution in [3.05, 3.63) is 59.8 Å². The van der Waals surface area contributed by atoms with E-state index in [0.29, 0.717) is 37.6 Å². The standard InChI is InChI=1S/C23H24N2O5/c1-14-8-19(15(2)29-14)23(26)25-10-21-22(11-25)28-13-17(12-27-21)30-20-5-3-4-16-9-24-7-6-18(16)20/h3-9,17,21-22H,10-13H2,1-2H3/t21-,22-/m0/s1. The van der Waals surface area contributed by atoms with Crippen LogP contribution < -0.4 is 4.74 Å². The van der Waals surface area contributed by atoms with Crippen molar-refractivity contribution >= 4 is 16.7 Å². The maximum atomic E-state index is 12.9. The molecule has 1 amide bonds. The first-order valence-electron chi connectivity index (χ1n) is 10.2. The zero-order valence-corrected chi connectivity index (χ0v) is 17.0. The first kappa shape index (κ1) is 19.1. The fourth-order valence-corrected chi connectivity index (χ4v) is 4.20. The number of carbonyl (C=O) groups is 1. The highest BCUT2D eigenvalue weighted by atomic mass is 16.6. The van der Waals surface area contributed by atoms with Crippen LogP contribution in [0.4, 0.5) is 0 Å². The maximum Gasteiger partial charge on any atom is 0.257 e. The predicted molar refractivity (Wildman–Crippen MR) is 110 cm³/mol. The number of aryl methyl sites for hydroxylation is 2. The minimum atomic E-state index is -0.211. The van der Waals surface area contributed by atoms with Crippen molar-refractivity contribution in [3.8, 4) is 5.75 Å². The zero-order valence-electron chi connectivity index (χ0n) is 17.0. The topological polar surface area (TPSA) is 74.0 Å². The van der Waals surface area contributed by atoms with Gasteiger partial charge in [0.1, 0.15) is 35.6 Å². The molecule has 0 radical (unpaired) electrons. The molecular weight excluding hydrogens is 384 g/mol. The molecule has 2 atom stereocenters. The number of furan rings is 1. The maximum absolute atomic E-state index is 12.9. The van der Waals surface area contributed by atoms with Crippen molar-refractivity contribution in [3.63, 3.8) is 0 Å². The summed E-state index contributed by atoms with van der Waals surface area (Å²) < 4.78 is 23.9. The Morgan fingerprint density at radius 1 is 1.13 bits per heavy atom. The van der Waals surface area contributed by atoms with E-state index in [1.807, 2.05) is 44.3 Å². The van der Waals surface area contributed by atoms with E-state index in [1.54, 1.807) is 17.2 Å². The molecule has 0 N–H and O–H groups in total. The Balaban J connectivity index is 1.24.